The van der Waals surface area contributed by atoms with Gasteiger partial charge in [-0.3, -0.25) is 4.79 Å². The molecule has 0 radical (unpaired) electrons. The van der Waals surface area contributed by atoms with Crippen molar-refractivity contribution in [2.75, 3.05) is 25.2 Å². The molecule has 1 amide bonds. The number of amides is 1. The van der Waals surface area contributed by atoms with Crippen molar-refractivity contribution in [1.82, 2.24) is 9.55 Å². The van der Waals surface area contributed by atoms with Crippen LogP contribution in [0.1, 0.15) is 30.1 Å². The normalized spacial score (nSPS) is 15.8. The molecule has 0 unspecified atom stereocenters. The third-order valence-electron chi connectivity index (χ3n) is 6.33. The van der Waals surface area contributed by atoms with E-state index in [2.05, 4.69) is 29.7 Å². The number of hydrogen-bond donors (Lipinski definition) is 0. The first-order chi connectivity index (χ1) is 16.6. The summed E-state index contributed by atoms with van der Waals surface area (Å²) in [5.41, 5.74) is 4.05. The average molecular weight is 456 g/mol. The van der Waals surface area contributed by atoms with Gasteiger partial charge in [-0.15, -0.1) is 0 Å². The number of benzene rings is 3. The van der Waals surface area contributed by atoms with Gasteiger partial charge < -0.3 is 18.9 Å². The number of aryl methyl sites for hydroxylation is 2. The Morgan fingerprint density at radius 2 is 1.85 bits per heavy atom. The second kappa shape index (κ2) is 9.59. The number of hydrogen-bond acceptors (Lipinski definition) is 4. The predicted molar refractivity (Wildman–Crippen MR) is 134 cm³/mol. The van der Waals surface area contributed by atoms with Crippen molar-refractivity contribution in [3.8, 4) is 11.5 Å². The number of imidazole rings is 1. The van der Waals surface area contributed by atoms with Crippen LogP contribution in [0.2, 0.25) is 0 Å². The van der Waals surface area contributed by atoms with Crippen molar-refractivity contribution in [2.45, 2.75) is 32.2 Å². The van der Waals surface area contributed by atoms with Crippen LogP contribution in [0, 0.1) is 6.92 Å². The van der Waals surface area contributed by atoms with Crippen LogP contribution in [0.15, 0.2) is 72.8 Å². The molecule has 4 aromatic rings. The second-order valence-electron chi connectivity index (χ2n) is 8.71. The minimum Gasteiger partial charge on any atom is -0.495 e. The van der Waals surface area contributed by atoms with Gasteiger partial charge in [0.25, 0.3) is 0 Å². The lowest BCUT2D eigenvalue weighted by atomic mass is 10.1. The number of aromatic nitrogens is 2. The highest BCUT2D eigenvalue weighted by Gasteiger charge is 2.35. The second-order valence-corrected chi connectivity index (χ2v) is 8.71. The number of nitrogens with zero attached hydrogens (tertiary/aromatic N) is 3. The molecule has 1 aromatic heterocycles. The Kier molecular flexibility index (Phi) is 6.21. The van der Waals surface area contributed by atoms with Crippen molar-refractivity contribution in [3.05, 3.63) is 84.2 Å². The fourth-order valence-corrected chi connectivity index (χ4v) is 4.72. The van der Waals surface area contributed by atoms with Crippen LogP contribution in [-0.2, 0) is 11.3 Å². The summed E-state index contributed by atoms with van der Waals surface area (Å²) in [6.07, 6.45) is 1.28. The summed E-state index contributed by atoms with van der Waals surface area (Å²) in [6.45, 7) is 4.05. The summed E-state index contributed by atoms with van der Waals surface area (Å²) < 4.78 is 13.7. The van der Waals surface area contributed by atoms with Crippen LogP contribution < -0.4 is 14.4 Å². The van der Waals surface area contributed by atoms with Crippen molar-refractivity contribution < 1.29 is 14.3 Å². The van der Waals surface area contributed by atoms with Gasteiger partial charge in [0.1, 0.15) is 17.3 Å². The van der Waals surface area contributed by atoms with E-state index in [0.29, 0.717) is 25.3 Å². The summed E-state index contributed by atoms with van der Waals surface area (Å²) in [6, 6.07) is 24.0. The summed E-state index contributed by atoms with van der Waals surface area (Å²) in [5.74, 6) is 2.67. The average Bonchev–Trinajstić information content (AvgIpc) is 3.42. The van der Waals surface area contributed by atoms with E-state index in [1.807, 2.05) is 59.5 Å². The molecule has 0 aliphatic carbocycles. The van der Waals surface area contributed by atoms with E-state index in [1.165, 1.54) is 5.56 Å². The van der Waals surface area contributed by atoms with Crippen LogP contribution in [0.4, 0.5) is 5.69 Å². The molecule has 6 heteroatoms. The highest BCUT2D eigenvalue weighted by Crippen LogP contribution is 2.37. The van der Waals surface area contributed by atoms with E-state index in [-0.39, 0.29) is 11.8 Å². The fourth-order valence-electron chi connectivity index (χ4n) is 4.72. The molecule has 1 aliphatic rings. The van der Waals surface area contributed by atoms with E-state index in [0.717, 1.165) is 41.3 Å². The molecule has 1 atom stereocenters. The Balaban J connectivity index is 1.36. The number of carbonyl (C=O) groups excluding carboxylic acids is 1. The van der Waals surface area contributed by atoms with Crippen LogP contribution in [-0.4, -0.2) is 35.7 Å². The first-order valence-corrected chi connectivity index (χ1v) is 11.7. The van der Waals surface area contributed by atoms with Gasteiger partial charge in [-0.2, -0.15) is 0 Å². The molecule has 2 heterocycles. The zero-order chi connectivity index (χ0) is 23.5. The maximum absolute atomic E-state index is 13.0. The summed E-state index contributed by atoms with van der Waals surface area (Å²) in [4.78, 5) is 19.8. The number of carbonyl (C=O) groups is 1. The van der Waals surface area contributed by atoms with Crippen LogP contribution >= 0.6 is 0 Å². The molecule has 6 nitrogen and oxygen atoms in total. The van der Waals surface area contributed by atoms with E-state index in [4.69, 9.17) is 14.5 Å². The molecule has 0 spiro atoms. The van der Waals surface area contributed by atoms with Gasteiger partial charge in [-0.05, 0) is 55.3 Å². The number of methoxy groups -OCH3 is 1. The summed E-state index contributed by atoms with van der Waals surface area (Å²) >= 11 is 0. The minimum absolute atomic E-state index is 0.0162. The summed E-state index contributed by atoms with van der Waals surface area (Å²) in [7, 11) is 1.63. The number of rotatable bonds is 8. The lowest BCUT2D eigenvalue weighted by Crippen LogP contribution is -2.25. The molecule has 1 fully saturated rings. The molecule has 0 N–H and O–H groups in total. The standard InChI is InChI=1S/C28H29N3O3/c1-20-9-7-10-22(17-20)34-16-8-15-30-24-12-4-3-11-23(24)29-28(30)21-18-27(32)31(19-21)25-13-5-6-14-26(25)33-2/h3-7,9-14,17,21H,8,15-16,18-19H2,1-2H3/t21-/m1/s1. The van der Waals surface area contributed by atoms with Gasteiger partial charge >= 0.3 is 0 Å². The molecule has 0 saturated carbocycles. The quantitative estimate of drug-likeness (QED) is 0.337. The minimum atomic E-state index is 0.0162. The van der Waals surface area contributed by atoms with Crippen molar-refractivity contribution >= 4 is 22.6 Å². The molecule has 3 aromatic carbocycles. The first kappa shape index (κ1) is 22.0. The van der Waals surface area contributed by atoms with E-state index in [1.54, 1.807) is 7.11 Å². The molecule has 1 aliphatic heterocycles. The van der Waals surface area contributed by atoms with Crippen LogP contribution in [0.25, 0.3) is 11.0 Å². The molecule has 0 bridgehead atoms. The largest absolute Gasteiger partial charge is 0.495 e. The zero-order valence-electron chi connectivity index (χ0n) is 19.6. The van der Waals surface area contributed by atoms with Crippen LogP contribution in [0.5, 0.6) is 11.5 Å². The Hall–Kier alpha value is -3.80. The van der Waals surface area contributed by atoms with Gasteiger partial charge in [0.05, 0.1) is 30.4 Å². The Morgan fingerprint density at radius 1 is 1.03 bits per heavy atom. The van der Waals surface area contributed by atoms with Crippen LogP contribution in [0.3, 0.4) is 0 Å². The Labute approximate surface area is 199 Å². The molecular weight excluding hydrogens is 426 g/mol. The molecule has 1 saturated heterocycles. The lowest BCUT2D eigenvalue weighted by Gasteiger charge is -2.19. The predicted octanol–water partition coefficient (Wildman–Crippen LogP) is 5.34. The van der Waals surface area contributed by atoms with Gasteiger partial charge in [-0.25, -0.2) is 4.98 Å². The van der Waals surface area contributed by atoms with E-state index in [9.17, 15) is 4.79 Å². The maximum atomic E-state index is 13.0. The molecule has 5 rings (SSSR count). The van der Waals surface area contributed by atoms with Gasteiger partial charge in [0, 0.05) is 25.4 Å². The zero-order valence-corrected chi connectivity index (χ0v) is 19.6. The molecular formula is C28H29N3O3. The van der Waals surface area contributed by atoms with E-state index < -0.39 is 0 Å². The Morgan fingerprint density at radius 3 is 2.71 bits per heavy atom. The molecule has 174 valence electrons. The third-order valence-corrected chi connectivity index (χ3v) is 6.33. The van der Waals surface area contributed by atoms with E-state index >= 15 is 0 Å². The number of para-hydroxylation sites is 4. The number of ether oxygens (including phenoxy) is 2. The topological polar surface area (TPSA) is 56.6 Å². The monoisotopic (exact) mass is 455 g/mol. The smallest absolute Gasteiger partial charge is 0.227 e. The number of fused-ring (bicyclic) bond motifs is 1. The highest BCUT2D eigenvalue weighted by molar-refractivity contribution is 5.97. The van der Waals surface area contributed by atoms with Crippen molar-refractivity contribution in [1.29, 1.82) is 0 Å². The first-order valence-electron chi connectivity index (χ1n) is 11.7. The lowest BCUT2D eigenvalue weighted by molar-refractivity contribution is -0.117. The highest BCUT2D eigenvalue weighted by atomic mass is 16.5. The van der Waals surface area contributed by atoms with Gasteiger partial charge in [0.2, 0.25) is 5.91 Å². The van der Waals surface area contributed by atoms with Gasteiger partial charge in [-0.1, -0.05) is 36.4 Å². The fraction of sp³-hybridized carbons (Fsp3) is 0.286. The number of anilines is 1. The van der Waals surface area contributed by atoms with Gasteiger partial charge in [0.15, 0.2) is 0 Å². The SMILES string of the molecule is COc1ccccc1N1C[C@H](c2nc3ccccc3n2CCCOc2cccc(C)c2)CC1=O. The maximum Gasteiger partial charge on any atom is 0.227 e. The Bertz CT molecular complexity index is 1310. The molecule has 34 heavy (non-hydrogen) atoms. The summed E-state index contributed by atoms with van der Waals surface area (Å²) in [5, 5.41) is 0. The van der Waals surface area contributed by atoms with Crippen molar-refractivity contribution in [2.24, 2.45) is 0 Å². The third kappa shape index (κ3) is 4.36. The van der Waals surface area contributed by atoms with Crippen molar-refractivity contribution in [3.63, 3.8) is 0 Å².